The molecule has 1 unspecified atom stereocenters. The largest absolute Gasteiger partial charge is 0.304 e. The van der Waals surface area contributed by atoms with Crippen LogP contribution in [-0.2, 0) is 9.59 Å². The van der Waals surface area contributed by atoms with Gasteiger partial charge >= 0.3 is 0 Å². The van der Waals surface area contributed by atoms with Gasteiger partial charge in [-0.25, -0.2) is 5.01 Å². The number of carbonyl (C=O) groups excluding carboxylic acids is 2. The van der Waals surface area contributed by atoms with Gasteiger partial charge in [0.15, 0.2) is 5.17 Å². The van der Waals surface area contributed by atoms with Gasteiger partial charge in [-0.3, -0.25) is 9.59 Å². The lowest BCUT2D eigenvalue weighted by atomic mass is 10.2. The van der Waals surface area contributed by atoms with Gasteiger partial charge in [0, 0.05) is 13.8 Å². The van der Waals surface area contributed by atoms with Crippen molar-refractivity contribution in [2.24, 2.45) is 5.10 Å². The van der Waals surface area contributed by atoms with Gasteiger partial charge in [0.25, 0.3) is 0 Å². The number of hydrogen-bond acceptors (Lipinski definition) is 4. The SMILES string of the molecule is CC(=O)NC1=NN(C(C)=O)C(C)(C=C(C)C)S1. The molecule has 0 bridgehead atoms. The van der Waals surface area contributed by atoms with Crippen LogP contribution in [0, 0.1) is 0 Å². The van der Waals surface area contributed by atoms with Crippen LogP contribution in [0.4, 0.5) is 0 Å². The highest BCUT2D eigenvalue weighted by molar-refractivity contribution is 8.15. The molecular formula is C11H17N3O2S. The fraction of sp³-hybridized carbons (Fsp3) is 0.545. The molecule has 1 aliphatic rings. The topological polar surface area (TPSA) is 61.8 Å². The van der Waals surface area contributed by atoms with Crippen molar-refractivity contribution in [3.8, 4) is 0 Å². The van der Waals surface area contributed by atoms with Crippen molar-refractivity contribution in [2.45, 2.75) is 39.5 Å². The minimum atomic E-state index is -0.567. The van der Waals surface area contributed by atoms with Crippen molar-refractivity contribution in [2.75, 3.05) is 0 Å². The average molecular weight is 255 g/mol. The predicted octanol–water partition coefficient (Wildman–Crippen LogP) is 1.67. The molecule has 5 nitrogen and oxygen atoms in total. The summed E-state index contributed by atoms with van der Waals surface area (Å²) < 4.78 is 0. The summed E-state index contributed by atoms with van der Waals surface area (Å²) in [5.41, 5.74) is 1.09. The normalized spacial score (nSPS) is 23.1. The van der Waals surface area contributed by atoms with Crippen LogP contribution in [0.2, 0.25) is 0 Å². The summed E-state index contributed by atoms with van der Waals surface area (Å²) in [7, 11) is 0. The quantitative estimate of drug-likeness (QED) is 0.725. The molecule has 6 heteroatoms. The lowest BCUT2D eigenvalue weighted by Gasteiger charge is -2.27. The summed E-state index contributed by atoms with van der Waals surface area (Å²) in [5, 5.41) is 8.56. The second-order valence-electron chi connectivity index (χ2n) is 4.30. The maximum atomic E-state index is 11.5. The number of hydrazone groups is 1. The number of amides is 2. The lowest BCUT2D eigenvalue weighted by Crippen LogP contribution is -2.38. The lowest BCUT2D eigenvalue weighted by molar-refractivity contribution is -0.130. The van der Waals surface area contributed by atoms with E-state index in [1.54, 1.807) is 0 Å². The molecule has 0 aliphatic carbocycles. The van der Waals surface area contributed by atoms with Crippen molar-refractivity contribution in [3.05, 3.63) is 11.6 Å². The van der Waals surface area contributed by atoms with Gasteiger partial charge in [0.05, 0.1) is 0 Å². The van der Waals surface area contributed by atoms with Gasteiger partial charge in [0.2, 0.25) is 11.8 Å². The third-order valence-electron chi connectivity index (χ3n) is 2.05. The highest BCUT2D eigenvalue weighted by atomic mass is 32.2. The van der Waals surface area contributed by atoms with E-state index in [0.717, 1.165) is 5.57 Å². The van der Waals surface area contributed by atoms with Crippen LogP contribution in [-0.4, -0.2) is 26.9 Å². The first kappa shape index (κ1) is 13.8. The van der Waals surface area contributed by atoms with Crippen molar-refractivity contribution in [1.29, 1.82) is 0 Å². The van der Waals surface area contributed by atoms with Gasteiger partial charge in [-0.05, 0) is 26.8 Å². The number of carbonyl (C=O) groups is 2. The van der Waals surface area contributed by atoms with Crippen LogP contribution >= 0.6 is 11.8 Å². The Hall–Kier alpha value is -1.30. The smallest absolute Gasteiger partial charge is 0.241 e. The molecule has 17 heavy (non-hydrogen) atoms. The molecule has 0 aromatic carbocycles. The summed E-state index contributed by atoms with van der Waals surface area (Å²) in [6.45, 7) is 8.68. The second kappa shape index (κ2) is 4.91. The highest BCUT2D eigenvalue weighted by Gasteiger charge is 2.40. The Morgan fingerprint density at radius 3 is 2.35 bits per heavy atom. The monoisotopic (exact) mass is 255 g/mol. The van der Waals surface area contributed by atoms with Crippen molar-refractivity contribution in [3.63, 3.8) is 0 Å². The van der Waals surface area contributed by atoms with Gasteiger partial charge in [0.1, 0.15) is 4.87 Å². The average Bonchev–Trinajstić information content (AvgIpc) is 2.39. The van der Waals surface area contributed by atoms with Gasteiger partial charge in [-0.1, -0.05) is 17.3 Å². The van der Waals surface area contributed by atoms with E-state index in [1.165, 1.54) is 30.6 Å². The molecule has 1 heterocycles. The number of hydrogen-bond donors (Lipinski definition) is 1. The van der Waals surface area contributed by atoms with Crippen LogP contribution < -0.4 is 5.32 Å². The molecule has 0 saturated carbocycles. The summed E-state index contributed by atoms with van der Waals surface area (Å²) >= 11 is 1.35. The minimum absolute atomic E-state index is 0.155. The van der Waals surface area contributed by atoms with E-state index in [2.05, 4.69) is 10.4 Å². The van der Waals surface area contributed by atoms with Gasteiger partial charge in [-0.15, -0.1) is 5.10 Å². The Morgan fingerprint density at radius 2 is 1.94 bits per heavy atom. The van der Waals surface area contributed by atoms with E-state index in [0.29, 0.717) is 5.17 Å². The molecule has 1 rings (SSSR count). The third kappa shape index (κ3) is 3.33. The molecule has 0 spiro atoms. The molecule has 0 aromatic heterocycles. The minimum Gasteiger partial charge on any atom is -0.304 e. The maximum absolute atomic E-state index is 11.5. The number of rotatable bonds is 1. The fourth-order valence-electron chi connectivity index (χ4n) is 1.66. The zero-order valence-corrected chi connectivity index (χ0v) is 11.5. The Kier molecular flexibility index (Phi) is 3.98. The van der Waals surface area contributed by atoms with E-state index in [4.69, 9.17) is 0 Å². The molecule has 1 N–H and O–H groups in total. The molecule has 0 radical (unpaired) electrons. The Morgan fingerprint density at radius 1 is 1.35 bits per heavy atom. The molecule has 2 amide bonds. The molecule has 0 saturated heterocycles. The van der Waals surface area contributed by atoms with Gasteiger partial charge < -0.3 is 5.32 Å². The van der Waals surface area contributed by atoms with E-state index >= 15 is 0 Å². The van der Waals surface area contributed by atoms with Crippen molar-refractivity contribution < 1.29 is 9.59 Å². The number of nitrogens with zero attached hydrogens (tertiary/aromatic N) is 2. The number of thioether (sulfide) groups is 1. The molecule has 0 aromatic rings. The van der Waals surface area contributed by atoms with Crippen molar-refractivity contribution >= 4 is 28.7 Å². The zero-order chi connectivity index (χ0) is 13.2. The third-order valence-corrected chi connectivity index (χ3v) is 3.13. The van der Waals surface area contributed by atoms with E-state index in [-0.39, 0.29) is 11.8 Å². The number of allylic oxidation sites excluding steroid dienone is 1. The van der Waals surface area contributed by atoms with Crippen LogP contribution in [0.3, 0.4) is 0 Å². The van der Waals surface area contributed by atoms with Crippen molar-refractivity contribution in [1.82, 2.24) is 10.3 Å². The fourth-order valence-corrected chi connectivity index (χ4v) is 2.92. The second-order valence-corrected chi connectivity index (χ2v) is 5.71. The Balaban J connectivity index is 3.01. The summed E-state index contributed by atoms with van der Waals surface area (Å²) in [6.07, 6.45) is 1.96. The summed E-state index contributed by atoms with van der Waals surface area (Å²) in [4.78, 5) is 22.0. The predicted molar refractivity (Wildman–Crippen MR) is 69.2 cm³/mol. The molecule has 1 aliphatic heterocycles. The first-order valence-corrected chi connectivity index (χ1v) is 6.08. The number of amidine groups is 1. The Labute approximate surface area is 105 Å². The molecular weight excluding hydrogens is 238 g/mol. The summed E-state index contributed by atoms with van der Waals surface area (Å²) in [6, 6.07) is 0. The molecule has 1 atom stereocenters. The van der Waals surface area contributed by atoms with E-state index in [1.807, 2.05) is 26.8 Å². The van der Waals surface area contributed by atoms with E-state index < -0.39 is 4.87 Å². The van der Waals surface area contributed by atoms with Crippen LogP contribution in [0.25, 0.3) is 0 Å². The first-order valence-electron chi connectivity index (χ1n) is 5.26. The maximum Gasteiger partial charge on any atom is 0.241 e. The number of nitrogens with one attached hydrogen (secondary N) is 1. The Bertz CT molecular complexity index is 413. The first-order chi connectivity index (χ1) is 7.74. The standard InChI is InChI=1S/C11H17N3O2S/c1-7(2)6-11(5)14(9(4)16)13-10(17-11)12-8(3)15/h6H,1-5H3,(H,12,13,15). The van der Waals surface area contributed by atoms with Crippen LogP contribution in [0.15, 0.2) is 16.8 Å². The molecule has 94 valence electrons. The summed E-state index contributed by atoms with van der Waals surface area (Å²) in [5.74, 6) is -0.348. The zero-order valence-electron chi connectivity index (χ0n) is 10.7. The van der Waals surface area contributed by atoms with Crippen LogP contribution in [0.5, 0.6) is 0 Å². The van der Waals surface area contributed by atoms with Gasteiger partial charge in [-0.2, -0.15) is 0 Å². The van der Waals surface area contributed by atoms with Crippen LogP contribution in [0.1, 0.15) is 34.6 Å². The highest BCUT2D eigenvalue weighted by Crippen LogP contribution is 2.38. The van der Waals surface area contributed by atoms with E-state index in [9.17, 15) is 9.59 Å². The molecule has 0 fully saturated rings.